The molecule has 0 fully saturated rings. The highest BCUT2D eigenvalue weighted by Crippen LogP contribution is 2.16. The number of carbonyl (C=O) groups is 1. The van der Waals surface area contributed by atoms with E-state index in [0.29, 0.717) is 13.2 Å². The Balaban J connectivity index is 2.44. The van der Waals surface area contributed by atoms with Gasteiger partial charge in [0.15, 0.2) is 0 Å². The van der Waals surface area contributed by atoms with Gasteiger partial charge in [-0.1, -0.05) is 6.07 Å². The number of anilines is 1. The summed E-state index contributed by atoms with van der Waals surface area (Å²) in [6.45, 7) is 6.52. The van der Waals surface area contributed by atoms with Crippen molar-refractivity contribution >= 4 is 11.7 Å². The van der Waals surface area contributed by atoms with Crippen molar-refractivity contribution in [1.29, 1.82) is 0 Å². The van der Waals surface area contributed by atoms with Gasteiger partial charge in [-0.15, -0.1) is 0 Å². The Morgan fingerprint density at radius 2 is 2.20 bits per heavy atom. The minimum Gasteiger partial charge on any atom is -0.464 e. The van der Waals surface area contributed by atoms with E-state index in [-0.39, 0.29) is 5.97 Å². The summed E-state index contributed by atoms with van der Waals surface area (Å²) in [5.41, 5.74) is 3.45. The number of aryl methyl sites for hydroxylation is 1. The molecule has 0 bridgehead atoms. The third-order valence-corrected chi connectivity index (χ3v) is 2.25. The summed E-state index contributed by atoms with van der Waals surface area (Å²) < 4.78 is 4.82. The summed E-state index contributed by atoms with van der Waals surface area (Å²) in [5.74, 6) is -0.246. The van der Waals surface area contributed by atoms with Crippen LogP contribution in [0.2, 0.25) is 0 Å². The molecule has 0 aromatic heterocycles. The second-order valence-electron chi connectivity index (χ2n) is 3.44. The molecule has 0 saturated carbocycles. The molecule has 0 amide bonds. The molecule has 1 N–H and O–H groups in total. The van der Waals surface area contributed by atoms with E-state index >= 15 is 0 Å². The van der Waals surface area contributed by atoms with E-state index in [0.717, 1.165) is 5.69 Å². The second-order valence-corrected chi connectivity index (χ2v) is 3.44. The van der Waals surface area contributed by atoms with Gasteiger partial charge >= 0.3 is 5.97 Å². The quantitative estimate of drug-likeness (QED) is 0.605. The van der Waals surface area contributed by atoms with Gasteiger partial charge in [-0.25, -0.2) is 0 Å². The van der Waals surface area contributed by atoms with Crippen molar-refractivity contribution in [1.82, 2.24) is 0 Å². The van der Waals surface area contributed by atoms with Crippen molar-refractivity contribution in [3.63, 3.8) is 0 Å². The van der Waals surface area contributed by atoms with Crippen LogP contribution in [-0.2, 0) is 9.53 Å². The van der Waals surface area contributed by atoms with Gasteiger partial charge < -0.3 is 10.1 Å². The van der Waals surface area contributed by atoms with Gasteiger partial charge in [0, 0.05) is 19.2 Å². The number of benzene rings is 1. The molecule has 1 aromatic carbocycles. The summed E-state index contributed by atoms with van der Waals surface area (Å²) in [6.07, 6.45) is 0. The highest BCUT2D eigenvalue weighted by Gasteiger charge is 1.99. The standard InChI is InChI=1S/C12H16NO2/c1-9-5-4-6-12(10(9)2)13-7-8-15-11(3)14/h5-6,13H,7-8H2,1-3H3. The predicted octanol–water partition coefficient (Wildman–Crippen LogP) is 2.08. The van der Waals surface area contributed by atoms with Crippen molar-refractivity contribution < 1.29 is 9.53 Å². The van der Waals surface area contributed by atoms with Crippen LogP contribution in [0, 0.1) is 19.9 Å². The Hall–Kier alpha value is -1.51. The third-order valence-electron chi connectivity index (χ3n) is 2.25. The molecular formula is C12H16NO2. The van der Waals surface area contributed by atoms with Crippen molar-refractivity contribution in [2.75, 3.05) is 18.5 Å². The summed E-state index contributed by atoms with van der Waals surface area (Å²) >= 11 is 0. The van der Waals surface area contributed by atoms with Crippen molar-refractivity contribution in [2.45, 2.75) is 20.8 Å². The van der Waals surface area contributed by atoms with E-state index in [1.807, 2.05) is 19.1 Å². The fraction of sp³-hybridized carbons (Fsp3) is 0.417. The maximum atomic E-state index is 10.5. The molecule has 3 heteroatoms. The number of ether oxygens (including phenoxy) is 1. The molecular weight excluding hydrogens is 190 g/mol. The van der Waals surface area contributed by atoms with Crippen LogP contribution >= 0.6 is 0 Å². The van der Waals surface area contributed by atoms with Crippen LogP contribution in [-0.4, -0.2) is 19.1 Å². The molecule has 1 radical (unpaired) electrons. The lowest BCUT2D eigenvalue weighted by Gasteiger charge is -2.10. The van der Waals surface area contributed by atoms with Crippen LogP contribution in [0.1, 0.15) is 18.1 Å². The SMILES string of the molecule is CC(=O)OCCNc1c[c]cc(C)c1C. The number of nitrogens with one attached hydrogen (secondary N) is 1. The van der Waals surface area contributed by atoms with Gasteiger partial charge in [-0.3, -0.25) is 4.79 Å². The molecule has 0 aliphatic carbocycles. The van der Waals surface area contributed by atoms with E-state index in [2.05, 4.69) is 18.3 Å². The Kier molecular flexibility index (Phi) is 4.16. The van der Waals surface area contributed by atoms with Crippen LogP contribution in [0.15, 0.2) is 12.1 Å². The molecule has 15 heavy (non-hydrogen) atoms. The molecule has 81 valence electrons. The molecule has 0 aliphatic heterocycles. The zero-order valence-corrected chi connectivity index (χ0v) is 9.39. The summed E-state index contributed by atoms with van der Waals surface area (Å²) in [4.78, 5) is 10.5. The van der Waals surface area contributed by atoms with E-state index in [9.17, 15) is 4.79 Å². The first-order chi connectivity index (χ1) is 7.11. The Labute approximate surface area is 90.4 Å². The van der Waals surface area contributed by atoms with Gasteiger partial charge in [0.2, 0.25) is 0 Å². The smallest absolute Gasteiger partial charge is 0.302 e. The van der Waals surface area contributed by atoms with Crippen molar-refractivity contribution in [3.05, 3.63) is 29.3 Å². The fourth-order valence-corrected chi connectivity index (χ4v) is 1.24. The molecule has 0 aliphatic rings. The average Bonchev–Trinajstić information content (AvgIpc) is 2.18. The van der Waals surface area contributed by atoms with Crippen LogP contribution in [0.25, 0.3) is 0 Å². The van der Waals surface area contributed by atoms with Gasteiger partial charge in [0.25, 0.3) is 0 Å². The molecule has 0 unspecified atom stereocenters. The largest absolute Gasteiger partial charge is 0.464 e. The van der Waals surface area contributed by atoms with E-state index < -0.39 is 0 Å². The Bertz CT molecular complexity index is 347. The molecule has 1 aromatic rings. The number of esters is 1. The van der Waals surface area contributed by atoms with Crippen molar-refractivity contribution in [3.8, 4) is 0 Å². The highest BCUT2D eigenvalue weighted by atomic mass is 16.5. The van der Waals surface area contributed by atoms with Crippen molar-refractivity contribution in [2.24, 2.45) is 0 Å². The zero-order chi connectivity index (χ0) is 11.3. The first-order valence-electron chi connectivity index (χ1n) is 4.96. The maximum absolute atomic E-state index is 10.5. The number of rotatable bonds is 4. The van der Waals surface area contributed by atoms with Crippen LogP contribution in [0.4, 0.5) is 5.69 Å². The minimum atomic E-state index is -0.246. The maximum Gasteiger partial charge on any atom is 0.302 e. The number of hydrogen-bond donors (Lipinski definition) is 1. The van der Waals surface area contributed by atoms with E-state index in [1.54, 1.807) is 0 Å². The average molecular weight is 206 g/mol. The monoisotopic (exact) mass is 206 g/mol. The molecule has 0 atom stereocenters. The van der Waals surface area contributed by atoms with Crippen LogP contribution in [0.3, 0.4) is 0 Å². The highest BCUT2D eigenvalue weighted by molar-refractivity contribution is 5.65. The number of carbonyl (C=O) groups excluding carboxylic acids is 1. The molecule has 1 rings (SSSR count). The Morgan fingerprint density at radius 3 is 2.87 bits per heavy atom. The fourth-order valence-electron chi connectivity index (χ4n) is 1.24. The molecule has 0 saturated heterocycles. The third kappa shape index (κ3) is 3.62. The normalized spacial score (nSPS) is 9.80. The van der Waals surface area contributed by atoms with Gasteiger partial charge in [0.1, 0.15) is 6.61 Å². The Morgan fingerprint density at radius 1 is 1.47 bits per heavy atom. The van der Waals surface area contributed by atoms with Gasteiger partial charge in [-0.05, 0) is 37.1 Å². The lowest BCUT2D eigenvalue weighted by Crippen LogP contribution is -2.12. The zero-order valence-electron chi connectivity index (χ0n) is 9.39. The van der Waals surface area contributed by atoms with E-state index in [4.69, 9.17) is 4.74 Å². The molecule has 0 heterocycles. The predicted molar refractivity (Wildman–Crippen MR) is 59.9 cm³/mol. The molecule has 0 spiro atoms. The summed E-state index contributed by atoms with van der Waals surface area (Å²) in [7, 11) is 0. The lowest BCUT2D eigenvalue weighted by molar-refractivity contribution is -0.140. The second kappa shape index (κ2) is 5.39. The first-order valence-corrected chi connectivity index (χ1v) is 4.96. The summed E-state index contributed by atoms with van der Waals surface area (Å²) in [6, 6.07) is 6.90. The van der Waals surface area contributed by atoms with Crippen LogP contribution in [0.5, 0.6) is 0 Å². The molecule has 3 nitrogen and oxygen atoms in total. The van der Waals surface area contributed by atoms with Crippen LogP contribution < -0.4 is 5.32 Å². The lowest BCUT2D eigenvalue weighted by atomic mass is 10.1. The number of hydrogen-bond acceptors (Lipinski definition) is 3. The summed E-state index contributed by atoms with van der Waals surface area (Å²) in [5, 5.41) is 3.20. The minimum absolute atomic E-state index is 0.246. The van der Waals surface area contributed by atoms with E-state index in [1.165, 1.54) is 18.1 Å². The first kappa shape index (κ1) is 11.6. The van der Waals surface area contributed by atoms with Gasteiger partial charge in [0.05, 0.1) is 0 Å². The topological polar surface area (TPSA) is 38.3 Å². The van der Waals surface area contributed by atoms with Gasteiger partial charge in [-0.2, -0.15) is 0 Å².